The number of aryl methyl sites for hydroxylation is 1. The molecule has 0 saturated carbocycles. The molecule has 0 aliphatic carbocycles. The summed E-state index contributed by atoms with van der Waals surface area (Å²) in [6.07, 6.45) is 4.87. The number of carbonyl (C=O) groups excluding carboxylic acids is 1. The molecule has 2 N–H and O–H groups in total. The number of pyridine rings is 2. The minimum absolute atomic E-state index is 0.157. The van der Waals surface area contributed by atoms with Gasteiger partial charge in [0.2, 0.25) is 0 Å². The van der Waals surface area contributed by atoms with Crippen molar-refractivity contribution in [3.63, 3.8) is 0 Å². The summed E-state index contributed by atoms with van der Waals surface area (Å²) in [6.45, 7) is 2.44. The van der Waals surface area contributed by atoms with Crippen molar-refractivity contribution in [1.29, 1.82) is 0 Å². The number of nitrogen functional groups attached to an aromatic ring is 1. The SMILES string of the molecule is Cc1cc2cc(C(=O)N(Cc3ccc(Cl)cn3)Cc3ncccn3)ccc2nc1N. The fraction of sp³-hybridized carbons (Fsp3) is 0.136. The molecule has 3 heterocycles. The Bertz CT molecular complexity index is 1200. The first kappa shape index (κ1) is 19.7. The van der Waals surface area contributed by atoms with Gasteiger partial charge in [-0.1, -0.05) is 11.6 Å². The smallest absolute Gasteiger partial charge is 0.254 e. The van der Waals surface area contributed by atoms with E-state index in [2.05, 4.69) is 19.9 Å². The molecule has 7 nitrogen and oxygen atoms in total. The molecule has 150 valence electrons. The molecule has 3 aromatic heterocycles. The first-order chi connectivity index (χ1) is 14.5. The summed E-state index contributed by atoms with van der Waals surface area (Å²) in [4.78, 5) is 32.2. The molecule has 8 heteroatoms. The Morgan fingerprint density at radius 1 is 1.07 bits per heavy atom. The van der Waals surface area contributed by atoms with Crippen molar-refractivity contribution >= 4 is 34.2 Å². The molecule has 30 heavy (non-hydrogen) atoms. The van der Waals surface area contributed by atoms with Crippen LogP contribution in [0.15, 0.2) is 61.1 Å². The molecule has 0 aliphatic heterocycles. The van der Waals surface area contributed by atoms with Gasteiger partial charge < -0.3 is 10.6 Å². The number of amides is 1. The lowest BCUT2D eigenvalue weighted by atomic mass is 10.1. The Labute approximate surface area is 178 Å². The number of hydrogen-bond donors (Lipinski definition) is 1. The number of carbonyl (C=O) groups is 1. The van der Waals surface area contributed by atoms with E-state index in [1.54, 1.807) is 53.8 Å². The van der Waals surface area contributed by atoms with Crippen LogP contribution in [-0.2, 0) is 13.1 Å². The summed E-state index contributed by atoms with van der Waals surface area (Å²) in [5.41, 5.74) is 8.77. The Kier molecular flexibility index (Phi) is 5.54. The number of aromatic nitrogens is 4. The summed E-state index contributed by atoms with van der Waals surface area (Å²) in [5.74, 6) is 0.875. The van der Waals surface area contributed by atoms with E-state index in [0.29, 0.717) is 28.8 Å². The molecule has 0 unspecified atom stereocenters. The monoisotopic (exact) mass is 418 g/mol. The summed E-state index contributed by atoms with van der Waals surface area (Å²) in [7, 11) is 0. The molecular formula is C22H19ClN6O. The van der Waals surface area contributed by atoms with E-state index in [0.717, 1.165) is 22.2 Å². The fourth-order valence-electron chi connectivity index (χ4n) is 3.09. The highest BCUT2D eigenvalue weighted by atomic mass is 35.5. The van der Waals surface area contributed by atoms with Crippen LogP contribution >= 0.6 is 11.6 Å². The third-order valence-corrected chi connectivity index (χ3v) is 4.90. The number of fused-ring (bicyclic) bond motifs is 1. The average molecular weight is 419 g/mol. The second kappa shape index (κ2) is 8.42. The van der Waals surface area contributed by atoms with Crippen LogP contribution in [0.3, 0.4) is 0 Å². The van der Waals surface area contributed by atoms with Crippen molar-refractivity contribution in [2.75, 3.05) is 5.73 Å². The molecule has 0 bridgehead atoms. The minimum Gasteiger partial charge on any atom is -0.383 e. The molecule has 0 saturated heterocycles. The first-order valence-corrected chi connectivity index (χ1v) is 9.70. The zero-order valence-corrected chi connectivity index (χ0v) is 17.0. The summed E-state index contributed by atoms with van der Waals surface area (Å²) in [6, 6.07) is 12.6. The largest absolute Gasteiger partial charge is 0.383 e. The Morgan fingerprint density at radius 3 is 2.60 bits per heavy atom. The van der Waals surface area contributed by atoms with E-state index in [9.17, 15) is 4.79 Å². The van der Waals surface area contributed by atoms with E-state index < -0.39 is 0 Å². The van der Waals surface area contributed by atoms with Gasteiger partial charge in [-0.2, -0.15) is 0 Å². The number of nitrogens with two attached hydrogens (primary N) is 1. The number of anilines is 1. The highest BCUT2D eigenvalue weighted by Crippen LogP contribution is 2.21. The van der Waals surface area contributed by atoms with Gasteiger partial charge in [-0.05, 0) is 55.0 Å². The predicted molar refractivity (Wildman–Crippen MR) is 116 cm³/mol. The molecule has 4 aromatic rings. The van der Waals surface area contributed by atoms with E-state index in [1.807, 2.05) is 19.1 Å². The van der Waals surface area contributed by atoms with Gasteiger partial charge >= 0.3 is 0 Å². The van der Waals surface area contributed by atoms with Crippen LogP contribution in [-0.4, -0.2) is 30.7 Å². The second-order valence-electron chi connectivity index (χ2n) is 6.89. The van der Waals surface area contributed by atoms with Crippen molar-refractivity contribution in [2.24, 2.45) is 0 Å². The van der Waals surface area contributed by atoms with Gasteiger partial charge in [0.25, 0.3) is 5.91 Å². The normalized spacial score (nSPS) is 10.9. The van der Waals surface area contributed by atoms with Gasteiger partial charge in [-0.25, -0.2) is 15.0 Å². The molecule has 1 amide bonds. The summed E-state index contributed by atoms with van der Waals surface area (Å²) < 4.78 is 0. The lowest BCUT2D eigenvalue weighted by molar-refractivity contribution is 0.0723. The maximum Gasteiger partial charge on any atom is 0.254 e. The zero-order valence-electron chi connectivity index (χ0n) is 16.3. The zero-order chi connectivity index (χ0) is 21.1. The quantitative estimate of drug-likeness (QED) is 0.529. The van der Waals surface area contributed by atoms with Gasteiger partial charge in [0.15, 0.2) is 0 Å². The summed E-state index contributed by atoms with van der Waals surface area (Å²) >= 11 is 5.94. The molecule has 0 radical (unpaired) electrons. The van der Waals surface area contributed by atoms with E-state index >= 15 is 0 Å². The van der Waals surface area contributed by atoms with Crippen LogP contribution in [0, 0.1) is 6.92 Å². The highest BCUT2D eigenvalue weighted by Gasteiger charge is 2.19. The maximum absolute atomic E-state index is 13.4. The first-order valence-electron chi connectivity index (χ1n) is 9.32. The lowest BCUT2D eigenvalue weighted by Crippen LogP contribution is -2.31. The third kappa shape index (κ3) is 4.36. The van der Waals surface area contributed by atoms with Crippen molar-refractivity contribution in [3.05, 3.63) is 88.7 Å². The molecule has 1 aromatic carbocycles. The molecule has 0 aliphatic rings. The van der Waals surface area contributed by atoms with Crippen LogP contribution in [0.5, 0.6) is 0 Å². The number of halogens is 1. The molecular weight excluding hydrogens is 400 g/mol. The van der Waals surface area contributed by atoms with Crippen LogP contribution in [0.25, 0.3) is 10.9 Å². The van der Waals surface area contributed by atoms with Gasteiger partial charge in [0.1, 0.15) is 11.6 Å². The van der Waals surface area contributed by atoms with Crippen LogP contribution < -0.4 is 5.73 Å². The minimum atomic E-state index is -0.157. The average Bonchev–Trinajstić information content (AvgIpc) is 2.75. The fourth-order valence-corrected chi connectivity index (χ4v) is 3.20. The van der Waals surface area contributed by atoms with Crippen molar-refractivity contribution in [1.82, 2.24) is 24.8 Å². The lowest BCUT2D eigenvalue weighted by Gasteiger charge is -2.22. The predicted octanol–water partition coefficient (Wildman–Crippen LogP) is 3.81. The second-order valence-corrected chi connectivity index (χ2v) is 7.33. The number of benzene rings is 1. The standard InChI is InChI=1S/C22H19ClN6O/c1-14-9-16-10-15(3-6-19(16)28-21(14)24)22(30)29(13-20-25-7-2-8-26-20)12-18-5-4-17(23)11-27-18/h2-11H,12-13H2,1H3,(H2,24,28). The Hall–Kier alpha value is -3.58. The van der Waals surface area contributed by atoms with Crippen LogP contribution in [0.4, 0.5) is 5.82 Å². The molecule has 0 fully saturated rings. The van der Waals surface area contributed by atoms with Gasteiger partial charge in [0.05, 0.1) is 29.3 Å². The number of nitrogens with zero attached hydrogens (tertiary/aromatic N) is 5. The van der Waals surface area contributed by atoms with E-state index in [-0.39, 0.29) is 12.5 Å². The number of hydrogen-bond acceptors (Lipinski definition) is 6. The summed E-state index contributed by atoms with van der Waals surface area (Å²) in [5, 5.41) is 1.40. The molecule has 0 spiro atoms. The maximum atomic E-state index is 13.4. The highest BCUT2D eigenvalue weighted by molar-refractivity contribution is 6.30. The Morgan fingerprint density at radius 2 is 1.87 bits per heavy atom. The van der Waals surface area contributed by atoms with E-state index in [1.165, 1.54) is 0 Å². The van der Waals surface area contributed by atoms with Gasteiger partial charge in [-0.3, -0.25) is 9.78 Å². The van der Waals surface area contributed by atoms with Gasteiger partial charge in [0, 0.05) is 29.5 Å². The molecule has 4 rings (SSSR count). The van der Waals surface area contributed by atoms with Crippen molar-refractivity contribution < 1.29 is 4.79 Å². The third-order valence-electron chi connectivity index (χ3n) is 4.67. The van der Waals surface area contributed by atoms with Crippen LogP contribution in [0.2, 0.25) is 5.02 Å². The van der Waals surface area contributed by atoms with Crippen molar-refractivity contribution in [3.8, 4) is 0 Å². The van der Waals surface area contributed by atoms with E-state index in [4.69, 9.17) is 17.3 Å². The number of rotatable bonds is 5. The van der Waals surface area contributed by atoms with Gasteiger partial charge in [-0.15, -0.1) is 0 Å². The molecule has 0 atom stereocenters. The van der Waals surface area contributed by atoms with Crippen LogP contribution in [0.1, 0.15) is 27.4 Å². The van der Waals surface area contributed by atoms with Crippen molar-refractivity contribution in [2.45, 2.75) is 20.0 Å². The Balaban J connectivity index is 1.67. The topological polar surface area (TPSA) is 97.9 Å².